The molecule has 0 saturated heterocycles. The summed E-state index contributed by atoms with van der Waals surface area (Å²) in [5.41, 5.74) is 10.0. The Morgan fingerprint density at radius 1 is 0.972 bits per heavy atom. The van der Waals surface area contributed by atoms with Crippen molar-refractivity contribution < 1.29 is 13.9 Å². The molecule has 0 unspecified atom stereocenters. The van der Waals surface area contributed by atoms with Crippen LogP contribution in [-0.2, 0) is 6.42 Å². The van der Waals surface area contributed by atoms with E-state index in [2.05, 4.69) is 51.2 Å². The number of anilines is 1. The number of carbonyl (C=O) groups is 1. The topological polar surface area (TPSA) is 117 Å². The van der Waals surface area contributed by atoms with Crippen molar-refractivity contribution >= 4 is 28.4 Å². The fraction of sp³-hybridized carbons (Fsp3) is 0.148. The van der Waals surface area contributed by atoms with Crippen LogP contribution in [0.2, 0.25) is 0 Å². The SMILES string of the molecule is O=C(Nc1cccc2c(=O)cc(C3=NNNN3)oc12)c1ccc(OCCCCc2ccccc2)cc1. The summed E-state index contributed by atoms with van der Waals surface area (Å²) in [6.45, 7) is 0.612. The van der Waals surface area contributed by atoms with E-state index in [-0.39, 0.29) is 22.7 Å². The van der Waals surface area contributed by atoms with Crippen LogP contribution in [0.25, 0.3) is 11.0 Å². The van der Waals surface area contributed by atoms with Crippen molar-refractivity contribution in [3.63, 3.8) is 0 Å². The number of carbonyl (C=O) groups excluding carboxylic acids is 1. The lowest BCUT2D eigenvalue weighted by atomic mass is 10.1. The van der Waals surface area contributed by atoms with Crippen LogP contribution in [0.3, 0.4) is 0 Å². The van der Waals surface area contributed by atoms with Crippen molar-refractivity contribution in [1.29, 1.82) is 0 Å². The van der Waals surface area contributed by atoms with Gasteiger partial charge in [0.05, 0.1) is 17.7 Å². The van der Waals surface area contributed by atoms with E-state index >= 15 is 0 Å². The molecule has 0 saturated carbocycles. The maximum atomic E-state index is 12.9. The van der Waals surface area contributed by atoms with Crippen LogP contribution in [-0.4, -0.2) is 18.3 Å². The molecule has 1 aliphatic heterocycles. The number of nitrogens with zero attached hydrogens (tertiary/aromatic N) is 1. The molecule has 182 valence electrons. The van der Waals surface area contributed by atoms with Gasteiger partial charge < -0.3 is 14.5 Å². The summed E-state index contributed by atoms with van der Waals surface area (Å²) >= 11 is 0. The van der Waals surface area contributed by atoms with Crippen molar-refractivity contribution in [3.8, 4) is 5.75 Å². The number of para-hydroxylation sites is 1. The Bertz CT molecular complexity index is 1450. The molecule has 1 aromatic heterocycles. The molecule has 9 nitrogen and oxygen atoms in total. The second kappa shape index (κ2) is 10.7. The molecule has 2 heterocycles. The summed E-state index contributed by atoms with van der Waals surface area (Å²) in [4.78, 5) is 25.5. The third-order valence-corrected chi connectivity index (χ3v) is 5.73. The van der Waals surface area contributed by atoms with Gasteiger partial charge in [-0.3, -0.25) is 15.0 Å². The van der Waals surface area contributed by atoms with Gasteiger partial charge in [0.25, 0.3) is 5.91 Å². The first kappa shape index (κ1) is 23.1. The Morgan fingerprint density at radius 3 is 2.58 bits per heavy atom. The number of benzene rings is 3. The van der Waals surface area contributed by atoms with Crippen LogP contribution in [0.1, 0.15) is 34.5 Å². The van der Waals surface area contributed by atoms with Gasteiger partial charge in [-0.25, -0.2) is 5.53 Å². The number of hydrogen-bond donors (Lipinski definition) is 4. The van der Waals surface area contributed by atoms with E-state index in [0.717, 1.165) is 19.3 Å². The Kier molecular flexibility index (Phi) is 6.90. The molecule has 4 aromatic rings. The summed E-state index contributed by atoms with van der Waals surface area (Å²) in [6.07, 6.45) is 3.01. The van der Waals surface area contributed by atoms with Gasteiger partial charge in [0.2, 0.25) is 5.84 Å². The predicted molar refractivity (Wildman–Crippen MR) is 138 cm³/mol. The molecule has 1 amide bonds. The smallest absolute Gasteiger partial charge is 0.255 e. The lowest BCUT2D eigenvalue weighted by molar-refractivity contribution is 0.102. The molecule has 0 fully saturated rings. The zero-order chi connectivity index (χ0) is 24.7. The Morgan fingerprint density at radius 2 is 1.81 bits per heavy atom. The monoisotopic (exact) mass is 483 g/mol. The second-order valence-electron chi connectivity index (χ2n) is 8.25. The fourth-order valence-corrected chi connectivity index (χ4v) is 3.87. The van der Waals surface area contributed by atoms with Crippen LogP contribution in [0.4, 0.5) is 5.69 Å². The van der Waals surface area contributed by atoms with Crippen molar-refractivity contribution in [2.45, 2.75) is 19.3 Å². The van der Waals surface area contributed by atoms with Crippen molar-refractivity contribution in [1.82, 2.24) is 16.5 Å². The molecule has 0 aliphatic carbocycles. The van der Waals surface area contributed by atoms with E-state index in [1.165, 1.54) is 11.6 Å². The molecule has 3 aromatic carbocycles. The first-order valence-electron chi connectivity index (χ1n) is 11.7. The number of hydrazine groups is 2. The van der Waals surface area contributed by atoms with Gasteiger partial charge in [0.15, 0.2) is 16.8 Å². The minimum absolute atomic E-state index is 0.233. The van der Waals surface area contributed by atoms with Gasteiger partial charge in [-0.15, -0.1) is 10.6 Å². The number of amidine groups is 1. The Hall–Kier alpha value is -4.63. The van der Waals surface area contributed by atoms with Crippen LogP contribution in [0.5, 0.6) is 5.75 Å². The molecule has 36 heavy (non-hydrogen) atoms. The third-order valence-electron chi connectivity index (χ3n) is 5.73. The average Bonchev–Trinajstić information content (AvgIpc) is 3.45. The molecular formula is C27H25N5O4. The predicted octanol–water partition coefficient (Wildman–Crippen LogP) is 3.72. The Balaban J connectivity index is 1.21. The van der Waals surface area contributed by atoms with E-state index < -0.39 is 0 Å². The van der Waals surface area contributed by atoms with Crippen molar-refractivity contribution in [3.05, 3.63) is 106 Å². The summed E-state index contributed by atoms with van der Waals surface area (Å²) < 4.78 is 11.7. The summed E-state index contributed by atoms with van der Waals surface area (Å²) in [5.74, 6) is 0.937. The molecule has 0 spiro atoms. The molecular weight excluding hydrogens is 458 g/mol. The zero-order valence-electron chi connectivity index (χ0n) is 19.4. The second-order valence-corrected chi connectivity index (χ2v) is 8.25. The lowest BCUT2D eigenvalue weighted by Crippen LogP contribution is -2.35. The molecule has 1 aliphatic rings. The number of unbranched alkanes of at least 4 members (excludes halogenated alkanes) is 1. The lowest BCUT2D eigenvalue weighted by Gasteiger charge is -2.10. The highest BCUT2D eigenvalue weighted by Gasteiger charge is 2.17. The summed E-state index contributed by atoms with van der Waals surface area (Å²) in [5, 5.41) is 7.15. The molecule has 0 radical (unpaired) electrons. The highest BCUT2D eigenvalue weighted by atomic mass is 16.5. The highest BCUT2D eigenvalue weighted by Crippen LogP contribution is 2.24. The maximum absolute atomic E-state index is 12.9. The van der Waals surface area contributed by atoms with Crippen molar-refractivity contribution in [2.75, 3.05) is 11.9 Å². The van der Waals surface area contributed by atoms with Gasteiger partial charge in [0, 0.05) is 11.6 Å². The van der Waals surface area contributed by atoms with Crippen LogP contribution in [0, 0.1) is 0 Å². The van der Waals surface area contributed by atoms with Gasteiger partial charge in [-0.05, 0) is 61.2 Å². The maximum Gasteiger partial charge on any atom is 0.255 e. The number of amides is 1. The highest BCUT2D eigenvalue weighted by molar-refractivity contribution is 6.08. The van der Waals surface area contributed by atoms with Gasteiger partial charge in [-0.2, -0.15) is 0 Å². The molecule has 4 N–H and O–H groups in total. The quantitative estimate of drug-likeness (QED) is 0.268. The number of fused-ring (bicyclic) bond motifs is 1. The number of rotatable bonds is 9. The van der Waals surface area contributed by atoms with E-state index in [1.807, 2.05) is 6.07 Å². The summed E-state index contributed by atoms with van der Waals surface area (Å²) in [7, 11) is 0. The first-order valence-corrected chi connectivity index (χ1v) is 11.7. The average molecular weight is 484 g/mol. The number of hydrazone groups is 1. The minimum Gasteiger partial charge on any atom is -0.494 e. The number of nitrogens with one attached hydrogen (secondary N) is 4. The van der Waals surface area contributed by atoms with Gasteiger partial charge >= 0.3 is 0 Å². The van der Waals surface area contributed by atoms with Crippen LogP contribution < -0.4 is 32.0 Å². The van der Waals surface area contributed by atoms with Gasteiger partial charge in [0.1, 0.15) is 5.75 Å². The minimum atomic E-state index is -0.329. The molecule has 0 bridgehead atoms. The van der Waals surface area contributed by atoms with E-state index in [1.54, 1.807) is 42.5 Å². The zero-order valence-corrected chi connectivity index (χ0v) is 19.4. The summed E-state index contributed by atoms with van der Waals surface area (Å²) in [6, 6.07) is 23.7. The number of aryl methyl sites for hydroxylation is 1. The molecule has 9 heteroatoms. The molecule has 5 rings (SSSR count). The first-order chi connectivity index (χ1) is 17.7. The normalized spacial score (nSPS) is 12.5. The standard InChI is InChI=1S/C27H25N5O4/c33-23-17-24(26-29-31-32-30-26)36-25-21(23)10-6-11-22(25)28-27(34)19-12-14-20(15-13-19)35-16-5-4-9-18-7-2-1-3-8-18/h1-3,6-8,10-15,17,31-32H,4-5,9,16H2,(H,28,34)(H,29,30). The Labute approximate surface area is 207 Å². The van der Waals surface area contributed by atoms with Crippen molar-refractivity contribution in [2.24, 2.45) is 5.10 Å². The van der Waals surface area contributed by atoms with Gasteiger partial charge in [-0.1, -0.05) is 36.4 Å². The number of ether oxygens (including phenoxy) is 1. The van der Waals surface area contributed by atoms with E-state index in [0.29, 0.717) is 34.8 Å². The van der Waals surface area contributed by atoms with Crippen LogP contribution in [0.15, 0.2) is 93.2 Å². The third kappa shape index (κ3) is 5.37. The fourth-order valence-electron chi connectivity index (χ4n) is 3.87. The van der Waals surface area contributed by atoms with E-state index in [9.17, 15) is 9.59 Å². The van der Waals surface area contributed by atoms with E-state index in [4.69, 9.17) is 9.15 Å². The molecule has 0 atom stereocenters. The number of hydrogen-bond acceptors (Lipinski definition) is 8. The van der Waals surface area contributed by atoms with Crippen LogP contribution >= 0.6 is 0 Å². The largest absolute Gasteiger partial charge is 0.494 e.